The van der Waals surface area contributed by atoms with Crippen LogP contribution >= 0.6 is 11.6 Å². The molecule has 0 radical (unpaired) electrons. The third kappa shape index (κ3) is 3.50. The van der Waals surface area contributed by atoms with Crippen molar-refractivity contribution < 1.29 is 4.74 Å². The molecule has 0 aliphatic heterocycles. The van der Waals surface area contributed by atoms with Gasteiger partial charge in [-0.2, -0.15) is 10.4 Å². The number of hydrogen-bond acceptors (Lipinski definition) is 6. The largest absolute Gasteiger partial charge is 0.383 e. The number of rotatable bonds is 7. The zero-order valence-electron chi connectivity index (χ0n) is 14.2. The molecule has 3 rings (SSSR count). The number of anilines is 1. The lowest BCUT2D eigenvalue weighted by atomic mass is 10.1. The van der Waals surface area contributed by atoms with E-state index in [1.54, 1.807) is 18.0 Å². The first-order valence-corrected chi connectivity index (χ1v) is 8.49. The number of methoxy groups -OCH3 is 1. The van der Waals surface area contributed by atoms with E-state index in [0.29, 0.717) is 48.4 Å². The molecule has 0 atom stereocenters. The van der Waals surface area contributed by atoms with Crippen molar-refractivity contribution in [3.05, 3.63) is 40.1 Å². The highest BCUT2D eigenvalue weighted by molar-refractivity contribution is 6.30. The Morgan fingerprint density at radius 3 is 3.00 bits per heavy atom. The molecule has 2 aromatic rings. The summed E-state index contributed by atoms with van der Waals surface area (Å²) in [6.45, 7) is 3.86. The Hall–Kier alpha value is -2.43. The highest BCUT2D eigenvalue weighted by Crippen LogP contribution is 2.31. The van der Waals surface area contributed by atoms with Gasteiger partial charge in [0.25, 0.3) is 0 Å². The molecule has 2 aromatic heterocycles. The van der Waals surface area contributed by atoms with E-state index in [-0.39, 0.29) is 0 Å². The maximum Gasteiger partial charge on any atom is 0.138 e. The van der Waals surface area contributed by atoms with E-state index in [0.717, 1.165) is 23.4 Å². The molecule has 1 N–H and O–H groups in total. The number of ether oxygens (including phenoxy) is 1. The van der Waals surface area contributed by atoms with Gasteiger partial charge in [-0.05, 0) is 6.92 Å². The van der Waals surface area contributed by atoms with Gasteiger partial charge in [-0.25, -0.2) is 9.97 Å². The fourth-order valence-electron chi connectivity index (χ4n) is 2.80. The molecular weight excluding hydrogens is 340 g/mol. The van der Waals surface area contributed by atoms with Gasteiger partial charge in [0.15, 0.2) is 0 Å². The molecule has 2 heterocycles. The van der Waals surface area contributed by atoms with Crippen LogP contribution in [0.1, 0.15) is 29.6 Å². The van der Waals surface area contributed by atoms with Gasteiger partial charge in [0, 0.05) is 32.1 Å². The maximum atomic E-state index is 9.28. The zero-order chi connectivity index (χ0) is 17.8. The molecule has 0 saturated carbocycles. The summed E-state index contributed by atoms with van der Waals surface area (Å²) in [5, 5.41) is 17.4. The van der Waals surface area contributed by atoms with E-state index < -0.39 is 0 Å². The number of halogens is 1. The van der Waals surface area contributed by atoms with Crippen LogP contribution in [-0.2, 0) is 24.1 Å². The van der Waals surface area contributed by atoms with Gasteiger partial charge in [-0.3, -0.25) is 4.68 Å². The van der Waals surface area contributed by atoms with Gasteiger partial charge in [0.05, 0.1) is 42.2 Å². The molecule has 7 nitrogen and oxygen atoms in total. The van der Waals surface area contributed by atoms with Gasteiger partial charge in [0.1, 0.15) is 16.8 Å². The van der Waals surface area contributed by atoms with E-state index in [1.165, 1.54) is 0 Å². The van der Waals surface area contributed by atoms with Crippen molar-refractivity contribution in [3.63, 3.8) is 0 Å². The van der Waals surface area contributed by atoms with Crippen LogP contribution in [0.2, 0.25) is 5.15 Å². The van der Waals surface area contributed by atoms with Crippen LogP contribution in [0.5, 0.6) is 0 Å². The zero-order valence-corrected chi connectivity index (χ0v) is 15.0. The molecule has 0 bridgehead atoms. The molecule has 8 heteroatoms. The van der Waals surface area contributed by atoms with Crippen LogP contribution in [0.3, 0.4) is 0 Å². The smallest absolute Gasteiger partial charge is 0.138 e. The van der Waals surface area contributed by atoms with E-state index in [1.807, 2.05) is 13.0 Å². The lowest BCUT2D eigenvalue weighted by molar-refractivity contribution is 0.183. The van der Waals surface area contributed by atoms with E-state index in [4.69, 9.17) is 16.3 Å². The van der Waals surface area contributed by atoms with Crippen LogP contribution in [-0.4, -0.2) is 40.0 Å². The number of aromatic nitrogens is 4. The second kappa shape index (κ2) is 7.64. The third-order valence-electron chi connectivity index (χ3n) is 3.96. The maximum absolute atomic E-state index is 9.28. The van der Waals surface area contributed by atoms with Crippen molar-refractivity contribution in [3.8, 4) is 6.07 Å². The SMILES string of the molecule is CCNc1nc(Cc2cnn(CCOC)c2Cl)nc2c1C(C#N)=CC2. The summed E-state index contributed by atoms with van der Waals surface area (Å²) in [5.74, 6) is 1.37. The van der Waals surface area contributed by atoms with Crippen molar-refractivity contribution in [2.45, 2.75) is 26.3 Å². The number of allylic oxidation sites excluding steroid dienone is 2. The van der Waals surface area contributed by atoms with Crippen LogP contribution in [0.4, 0.5) is 5.82 Å². The average Bonchev–Trinajstić information content (AvgIpc) is 3.18. The molecule has 0 saturated heterocycles. The summed E-state index contributed by atoms with van der Waals surface area (Å²) in [5.41, 5.74) is 3.19. The first-order valence-electron chi connectivity index (χ1n) is 8.11. The standard InChI is InChI=1S/C17H19ClN6O/c1-3-20-17-15-11(9-19)4-5-13(15)22-14(23-17)8-12-10-21-24(16(12)18)6-7-25-2/h4,10H,3,5-8H2,1-2H3,(H,20,22,23). The van der Waals surface area contributed by atoms with Crippen LogP contribution in [0.15, 0.2) is 12.3 Å². The molecule has 0 spiro atoms. The second-order valence-corrected chi connectivity index (χ2v) is 5.99. The quantitative estimate of drug-likeness (QED) is 0.817. The van der Waals surface area contributed by atoms with Crippen molar-refractivity contribution in [2.75, 3.05) is 25.6 Å². The van der Waals surface area contributed by atoms with Crippen molar-refractivity contribution in [2.24, 2.45) is 0 Å². The van der Waals surface area contributed by atoms with Crippen molar-refractivity contribution >= 4 is 23.0 Å². The summed E-state index contributed by atoms with van der Waals surface area (Å²) in [4.78, 5) is 9.23. The van der Waals surface area contributed by atoms with Crippen LogP contribution < -0.4 is 5.32 Å². The van der Waals surface area contributed by atoms with E-state index >= 15 is 0 Å². The van der Waals surface area contributed by atoms with E-state index in [2.05, 4.69) is 26.5 Å². The highest BCUT2D eigenvalue weighted by Gasteiger charge is 2.22. The number of hydrogen-bond donors (Lipinski definition) is 1. The summed E-state index contributed by atoms with van der Waals surface area (Å²) in [6.07, 6.45) is 4.76. The Morgan fingerprint density at radius 1 is 1.44 bits per heavy atom. The van der Waals surface area contributed by atoms with Gasteiger partial charge >= 0.3 is 0 Å². The first kappa shape index (κ1) is 17.4. The number of fused-ring (bicyclic) bond motifs is 1. The first-order chi connectivity index (χ1) is 12.2. The molecule has 0 unspecified atom stereocenters. The predicted octanol–water partition coefficient (Wildman–Crippen LogP) is 2.46. The molecular formula is C17H19ClN6O. The summed E-state index contributed by atoms with van der Waals surface area (Å²) in [7, 11) is 1.64. The van der Waals surface area contributed by atoms with Gasteiger partial charge < -0.3 is 10.1 Å². The second-order valence-electron chi connectivity index (χ2n) is 5.63. The van der Waals surface area contributed by atoms with E-state index in [9.17, 15) is 5.26 Å². The molecule has 130 valence electrons. The summed E-state index contributed by atoms with van der Waals surface area (Å²) >= 11 is 6.39. The van der Waals surface area contributed by atoms with Gasteiger partial charge in [-0.15, -0.1) is 0 Å². The van der Waals surface area contributed by atoms with Crippen molar-refractivity contribution in [1.29, 1.82) is 5.26 Å². The Balaban J connectivity index is 1.89. The molecule has 0 aromatic carbocycles. The Kier molecular flexibility index (Phi) is 5.31. The molecule has 1 aliphatic rings. The van der Waals surface area contributed by atoms with Crippen LogP contribution in [0.25, 0.3) is 5.57 Å². The minimum atomic E-state index is 0.485. The molecule has 25 heavy (non-hydrogen) atoms. The predicted molar refractivity (Wildman–Crippen MR) is 95.4 cm³/mol. The topological polar surface area (TPSA) is 88.7 Å². The molecule has 1 aliphatic carbocycles. The summed E-state index contributed by atoms with van der Waals surface area (Å²) in [6, 6.07) is 2.21. The minimum absolute atomic E-state index is 0.485. The van der Waals surface area contributed by atoms with Crippen molar-refractivity contribution in [1.82, 2.24) is 19.7 Å². The molecule has 0 amide bonds. The Morgan fingerprint density at radius 2 is 2.28 bits per heavy atom. The van der Waals surface area contributed by atoms with Crippen LogP contribution in [0, 0.1) is 11.3 Å². The monoisotopic (exact) mass is 358 g/mol. The lowest BCUT2D eigenvalue weighted by Gasteiger charge is -2.11. The number of nitrogens with one attached hydrogen (secondary N) is 1. The normalized spacial score (nSPS) is 12.6. The summed E-state index contributed by atoms with van der Waals surface area (Å²) < 4.78 is 6.76. The fraction of sp³-hybridized carbons (Fsp3) is 0.412. The number of nitriles is 1. The average molecular weight is 359 g/mol. The number of nitrogens with zero attached hydrogens (tertiary/aromatic N) is 5. The van der Waals surface area contributed by atoms with Gasteiger partial charge in [0.2, 0.25) is 0 Å². The minimum Gasteiger partial charge on any atom is -0.383 e. The lowest BCUT2D eigenvalue weighted by Crippen LogP contribution is -2.09. The Bertz CT molecular complexity index is 852. The third-order valence-corrected chi connectivity index (χ3v) is 4.40. The van der Waals surface area contributed by atoms with Gasteiger partial charge in [-0.1, -0.05) is 17.7 Å². The Labute approximate surface area is 151 Å². The highest BCUT2D eigenvalue weighted by atomic mass is 35.5. The molecule has 0 fully saturated rings. The fourth-order valence-corrected chi connectivity index (χ4v) is 3.04.